The van der Waals surface area contributed by atoms with Gasteiger partial charge in [-0.1, -0.05) is 60.6 Å². The van der Waals surface area contributed by atoms with Gasteiger partial charge in [0.2, 0.25) is 0 Å². The first kappa shape index (κ1) is 15.7. The molecule has 1 aromatic rings. The van der Waals surface area contributed by atoms with Crippen LogP contribution in [0.2, 0.25) is 0 Å². The van der Waals surface area contributed by atoms with E-state index < -0.39 is 11.2 Å². The van der Waals surface area contributed by atoms with Crippen LogP contribution in [-0.4, -0.2) is 16.1 Å². The normalized spacial score (nSPS) is 32.3. The summed E-state index contributed by atoms with van der Waals surface area (Å²) in [5.74, 6) is 2.42. The third-order valence-electron chi connectivity index (χ3n) is 3.94. The molecule has 0 amide bonds. The van der Waals surface area contributed by atoms with Gasteiger partial charge in [0.05, 0.1) is 0 Å². The minimum atomic E-state index is -0.830. The highest BCUT2D eigenvalue weighted by Crippen LogP contribution is 2.49. The van der Waals surface area contributed by atoms with Crippen LogP contribution in [0.25, 0.3) is 0 Å². The zero-order valence-corrected chi connectivity index (χ0v) is 15.1. The Hall–Kier alpha value is 0.360. The minimum absolute atomic E-state index is 0.240. The van der Waals surface area contributed by atoms with Crippen LogP contribution in [0, 0.1) is 11.3 Å². The zero-order chi connectivity index (χ0) is 14.3. The topological polar surface area (TPSA) is 23.1 Å². The van der Waals surface area contributed by atoms with Crippen LogP contribution in [-0.2, 0) is 15.3 Å². The van der Waals surface area contributed by atoms with E-state index in [2.05, 4.69) is 55.8 Å². The molecule has 0 aliphatic carbocycles. The molecule has 0 saturated carbocycles. The number of hydrogen-bond acceptors (Lipinski definition) is 2. The summed E-state index contributed by atoms with van der Waals surface area (Å²) in [6.45, 7) is 8.86. The van der Waals surface area contributed by atoms with Gasteiger partial charge in [-0.15, -0.1) is 0 Å². The molecule has 1 aliphatic heterocycles. The molecule has 1 nitrogen and oxygen atoms in total. The predicted octanol–water partition coefficient (Wildman–Crippen LogP) is 4.78. The molecule has 2 unspecified atom stereocenters. The maximum absolute atomic E-state index is 12.7. The van der Waals surface area contributed by atoms with Gasteiger partial charge < -0.3 is 4.55 Å². The maximum Gasteiger partial charge on any atom is 0.193 e. The van der Waals surface area contributed by atoms with E-state index in [-0.39, 0.29) is 9.49 Å². The van der Waals surface area contributed by atoms with E-state index in [0.29, 0.717) is 5.92 Å². The van der Waals surface area contributed by atoms with Crippen LogP contribution in [0.15, 0.2) is 28.7 Å². The van der Waals surface area contributed by atoms with Crippen LogP contribution in [0.4, 0.5) is 0 Å². The van der Waals surface area contributed by atoms with Crippen LogP contribution in [0.3, 0.4) is 0 Å². The highest BCUT2D eigenvalue weighted by molar-refractivity contribution is 9.10. The van der Waals surface area contributed by atoms with E-state index in [0.717, 1.165) is 16.0 Å². The van der Waals surface area contributed by atoms with Crippen molar-refractivity contribution < 1.29 is 4.55 Å². The van der Waals surface area contributed by atoms with Crippen molar-refractivity contribution in [3.05, 3.63) is 34.3 Å². The molecule has 0 N–H and O–H groups in total. The van der Waals surface area contributed by atoms with Crippen molar-refractivity contribution in [3.8, 4) is 0 Å². The van der Waals surface area contributed by atoms with Gasteiger partial charge in [0.25, 0.3) is 0 Å². The van der Waals surface area contributed by atoms with E-state index in [9.17, 15) is 4.55 Å². The lowest BCUT2D eigenvalue weighted by Crippen LogP contribution is -2.43. The second-order valence-corrected chi connectivity index (χ2v) is 10.8. The fourth-order valence-corrected chi connectivity index (χ4v) is 6.67. The first-order valence-corrected chi connectivity index (χ1v) is 9.62. The first-order chi connectivity index (χ1) is 8.73. The molecule has 1 aliphatic rings. The average molecular weight is 361 g/mol. The van der Waals surface area contributed by atoms with Crippen molar-refractivity contribution in [1.82, 2.24) is 0 Å². The highest BCUT2D eigenvalue weighted by Gasteiger charge is 2.47. The van der Waals surface area contributed by atoms with Gasteiger partial charge in [0, 0.05) is 28.6 Å². The number of rotatable bonds is 1. The smallest absolute Gasteiger partial charge is 0.193 e. The third kappa shape index (κ3) is 3.34. The van der Waals surface area contributed by atoms with Crippen molar-refractivity contribution in [2.24, 2.45) is 11.3 Å². The van der Waals surface area contributed by atoms with Crippen LogP contribution in [0.1, 0.15) is 33.3 Å². The van der Waals surface area contributed by atoms with E-state index in [1.165, 1.54) is 5.56 Å². The minimum Gasteiger partial charge on any atom is -0.615 e. The Morgan fingerprint density at radius 3 is 2.37 bits per heavy atom. The third-order valence-corrected chi connectivity index (χ3v) is 8.55. The lowest BCUT2D eigenvalue weighted by atomic mass is 9.83. The average Bonchev–Trinajstić information content (AvgIpc) is 2.32. The molecule has 19 heavy (non-hydrogen) atoms. The molecule has 1 aromatic carbocycles. The van der Waals surface area contributed by atoms with E-state index in [1.54, 1.807) is 0 Å². The largest absolute Gasteiger partial charge is 0.615 e. The number of benzene rings is 1. The maximum atomic E-state index is 12.7. The molecule has 4 heteroatoms. The Labute approximate surface area is 132 Å². The van der Waals surface area contributed by atoms with Gasteiger partial charge in [-0.05, 0) is 28.7 Å². The quantitative estimate of drug-likeness (QED) is 0.672. The van der Waals surface area contributed by atoms with Crippen molar-refractivity contribution in [1.29, 1.82) is 0 Å². The molecule has 1 heterocycles. The predicted molar refractivity (Wildman–Crippen MR) is 89.9 cm³/mol. The summed E-state index contributed by atoms with van der Waals surface area (Å²) in [7, 11) is 0. The Kier molecular flexibility index (Phi) is 4.66. The fourth-order valence-electron chi connectivity index (χ4n) is 2.18. The molecule has 1 fully saturated rings. The van der Waals surface area contributed by atoms with E-state index >= 15 is 0 Å². The monoisotopic (exact) mass is 360 g/mol. The molecule has 106 valence electrons. The van der Waals surface area contributed by atoms with Gasteiger partial charge in [-0.25, -0.2) is 0 Å². The molecule has 0 aromatic heterocycles. The number of thioether (sulfide) groups is 1. The summed E-state index contributed by atoms with van der Waals surface area (Å²) in [6.07, 6.45) is 0. The molecule has 0 radical (unpaired) electrons. The molecule has 1 saturated heterocycles. The van der Waals surface area contributed by atoms with E-state index in [4.69, 9.17) is 0 Å². The van der Waals surface area contributed by atoms with Crippen LogP contribution in [0.5, 0.6) is 0 Å². The van der Waals surface area contributed by atoms with Gasteiger partial charge >= 0.3 is 0 Å². The van der Waals surface area contributed by atoms with Gasteiger partial charge in [0.1, 0.15) is 5.75 Å². The number of hydrogen-bond donors (Lipinski definition) is 0. The standard InChI is InChI=1S/C15H21BrOS2/c1-14(2,3)12-9-18-15(4,19(17)10-12)11-5-7-13(16)8-6-11/h5-8,12H,9-10H2,1-4H3/t12?,15-,19?/m1/s1. The molecular formula is C15H21BrOS2. The Morgan fingerprint density at radius 1 is 1.32 bits per heavy atom. The molecule has 3 atom stereocenters. The van der Waals surface area contributed by atoms with Crippen molar-refractivity contribution >= 4 is 38.9 Å². The summed E-state index contributed by atoms with van der Waals surface area (Å²) in [5, 5.41) is 0. The second-order valence-electron chi connectivity index (χ2n) is 6.34. The van der Waals surface area contributed by atoms with Crippen molar-refractivity contribution in [2.75, 3.05) is 11.5 Å². The Bertz CT molecular complexity index is 440. The molecular weight excluding hydrogens is 340 g/mol. The summed E-state index contributed by atoms with van der Waals surface area (Å²) >= 11 is 4.48. The highest BCUT2D eigenvalue weighted by atomic mass is 79.9. The van der Waals surface area contributed by atoms with Crippen molar-refractivity contribution in [2.45, 2.75) is 31.8 Å². The number of halogens is 1. The Morgan fingerprint density at radius 2 is 1.89 bits per heavy atom. The second kappa shape index (κ2) is 5.63. The van der Waals surface area contributed by atoms with Crippen LogP contribution < -0.4 is 0 Å². The van der Waals surface area contributed by atoms with Crippen LogP contribution >= 0.6 is 27.7 Å². The molecule has 0 spiro atoms. The zero-order valence-electron chi connectivity index (χ0n) is 11.9. The lowest BCUT2D eigenvalue weighted by Gasteiger charge is -2.42. The molecule has 0 bridgehead atoms. The summed E-state index contributed by atoms with van der Waals surface area (Å²) in [6, 6.07) is 8.25. The van der Waals surface area contributed by atoms with Crippen molar-refractivity contribution in [3.63, 3.8) is 0 Å². The first-order valence-electron chi connectivity index (χ1n) is 6.52. The molecule has 2 rings (SSSR count). The van der Waals surface area contributed by atoms with Gasteiger partial charge in [0.15, 0.2) is 4.08 Å². The SMILES string of the molecule is CC(C)(C)C1CS[C@@](C)(c2ccc(Br)cc2)[S+]([O-])C1. The Balaban J connectivity index is 2.20. The summed E-state index contributed by atoms with van der Waals surface area (Å²) in [4.78, 5) is 0. The van der Waals surface area contributed by atoms with Gasteiger partial charge in [-0.3, -0.25) is 0 Å². The van der Waals surface area contributed by atoms with Gasteiger partial charge in [-0.2, -0.15) is 0 Å². The fraction of sp³-hybridized carbons (Fsp3) is 0.600. The summed E-state index contributed by atoms with van der Waals surface area (Å²) < 4.78 is 13.5. The lowest BCUT2D eigenvalue weighted by molar-refractivity contribution is 0.287. The summed E-state index contributed by atoms with van der Waals surface area (Å²) in [5.41, 5.74) is 1.41. The van der Waals surface area contributed by atoms with E-state index in [1.807, 2.05) is 23.9 Å².